The van der Waals surface area contributed by atoms with Gasteiger partial charge < -0.3 is 0 Å². The first kappa shape index (κ1) is 13.0. The average Bonchev–Trinajstić information content (AvgIpc) is 2.29. The highest BCUT2D eigenvalue weighted by molar-refractivity contribution is 7.93. The van der Waals surface area contributed by atoms with Gasteiger partial charge in [-0.1, -0.05) is 13.0 Å². The van der Waals surface area contributed by atoms with E-state index in [9.17, 15) is 8.42 Å². The molecule has 1 aromatic rings. The molecule has 88 valence electrons. The van der Waals surface area contributed by atoms with Crippen LogP contribution in [-0.4, -0.2) is 13.7 Å². The summed E-state index contributed by atoms with van der Waals surface area (Å²) in [6.07, 6.45) is 0.212. The van der Waals surface area contributed by atoms with Gasteiger partial charge in [-0.15, -0.1) is 0 Å². The van der Waals surface area contributed by atoms with Crippen LogP contribution in [0.1, 0.15) is 18.9 Å². The summed E-state index contributed by atoms with van der Waals surface area (Å²) >= 11 is 0. The topological polar surface area (TPSA) is 93.8 Å². The fourth-order valence-corrected chi connectivity index (χ4v) is 2.44. The van der Waals surface area contributed by atoms with Gasteiger partial charge in [0, 0.05) is 5.69 Å². The number of hydrogen-bond acceptors (Lipinski definition) is 4. The second-order valence-electron chi connectivity index (χ2n) is 3.37. The Morgan fingerprint density at radius 3 is 2.65 bits per heavy atom. The monoisotopic (exact) mass is 249 g/mol. The van der Waals surface area contributed by atoms with Crippen LogP contribution in [0.15, 0.2) is 24.3 Å². The molecule has 0 amide bonds. The number of anilines is 1. The van der Waals surface area contributed by atoms with E-state index in [1.807, 2.05) is 6.07 Å². The van der Waals surface area contributed by atoms with Crippen LogP contribution in [0.5, 0.6) is 0 Å². The summed E-state index contributed by atoms with van der Waals surface area (Å²) in [7, 11) is -3.72. The molecule has 1 atom stereocenters. The van der Waals surface area contributed by atoms with Crippen LogP contribution in [0.4, 0.5) is 5.69 Å². The van der Waals surface area contributed by atoms with E-state index in [-0.39, 0.29) is 12.1 Å². The lowest BCUT2D eigenvalue weighted by atomic mass is 10.2. The number of rotatable bonds is 4. The molecule has 0 fully saturated rings. The van der Waals surface area contributed by atoms with E-state index in [1.54, 1.807) is 25.1 Å². The zero-order valence-electron chi connectivity index (χ0n) is 9.21. The third-order valence-corrected chi connectivity index (χ3v) is 3.85. The van der Waals surface area contributed by atoms with Gasteiger partial charge in [-0.25, -0.2) is 8.42 Å². The van der Waals surface area contributed by atoms with Crippen LogP contribution in [0, 0.1) is 22.7 Å². The third kappa shape index (κ3) is 3.20. The summed E-state index contributed by atoms with van der Waals surface area (Å²) in [5.74, 6) is 0. The summed E-state index contributed by atoms with van der Waals surface area (Å²) < 4.78 is 25.8. The van der Waals surface area contributed by atoms with E-state index in [0.29, 0.717) is 5.56 Å². The average molecular weight is 249 g/mol. The normalized spacial score (nSPS) is 12.2. The van der Waals surface area contributed by atoms with Crippen LogP contribution in [0.3, 0.4) is 0 Å². The molecule has 0 saturated heterocycles. The number of nitrogens with one attached hydrogen (secondary N) is 1. The number of nitrogens with zero attached hydrogens (tertiary/aromatic N) is 2. The van der Waals surface area contributed by atoms with Gasteiger partial charge in [-0.3, -0.25) is 4.72 Å². The smallest absolute Gasteiger partial charge is 0.249 e. The second kappa shape index (κ2) is 5.33. The second-order valence-corrected chi connectivity index (χ2v) is 5.23. The van der Waals surface area contributed by atoms with Gasteiger partial charge in [-0.2, -0.15) is 10.5 Å². The number of hydrogen-bond donors (Lipinski definition) is 1. The molecule has 6 heteroatoms. The minimum Gasteiger partial charge on any atom is -0.282 e. The summed E-state index contributed by atoms with van der Waals surface area (Å²) in [6, 6.07) is 9.73. The molecule has 0 aromatic heterocycles. The molecule has 0 heterocycles. The van der Waals surface area contributed by atoms with Crippen molar-refractivity contribution in [2.45, 2.75) is 18.6 Å². The predicted octanol–water partition coefficient (Wildman–Crippen LogP) is 1.60. The van der Waals surface area contributed by atoms with Crippen LogP contribution in [0.2, 0.25) is 0 Å². The van der Waals surface area contributed by atoms with E-state index in [4.69, 9.17) is 10.5 Å². The Labute approximate surface area is 100 Å². The molecule has 1 rings (SSSR count). The molecule has 0 bridgehead atoms. The third-order valence-electron chi connectivity index (χ3n) is 2.14. The Hall–Kier alpha value is -2.05. The van der Waals surface area contributed by atoms with Gasteiger partial charge in [0.25, 0.3) is 0 Å². The maximum Gasteiger partial charge on any atom is 0.249 e. The van der Waals surface area contributed by atoms with Crippen LogP contribution in [-0.2, 0) is 10.0 Å². The molecule has 5 nitrogen and oxygen atoms in total. The first-order valence-corrected chi connectivity index (χ1v) is 6.49. The highest BCUT2D eigenvalue weighted by Gasteiger charge is 2.23. The number of benzene rings is 1. The van der Waals surface area contributed by atoms with E-state index in [2.05, 4.69) is 4.72 Å². The van der Waals surface area contributed by atoms with Gasteiger partial charge in [0.05, 0.1) is 17.7 Å². The molecule has 0 spiro atoms. The van der Waals surface area contributed by atoms with E-state index in [1.165, 1.54) is 12.1 Å². The minimum absolute atomic E-state index is 0.212. The maximum absolute atomic E-state index is 11.7. The lowest BCUT2D eigenvalue weighted by molar-refractivity contribution is 0.593. The molecular formula is C11H11N3O2S. The zero-order chi connectivity index (χ0) is 12.9. The highest BCUT2D eigenvalue weighted by atomic mass is 32.2. The Morgan fingerprint density at radius 1 is 1.41 bits per heavy atom. The summed E-state index contributed by atoms with van der Waals surface area (Å²) in [6.45, 7) is 1.62. The zero-order valence-corrected chi connectivity index (χ0v) is 10.0. The van der Waals surface area contributed by atoms with Gasteiger partial charge >= 0.3 is 0 Å². The van der Waals surface area contributed by atoms with Crippen molar-refractivity contribution in [1.29, 1.82) is 10.5 Å². The van der Waals surface area contributed by atoms with Gasteiger partial charge in [-0.05, 0) is 24.6 Å². The highest BCUT2D eigenvalue weighted by Crippen LogP contribution is 2.14. The molecule has 0 aliphatic carbocycles. The van der Waals surface area contributed by atoms with Crippen molar-refractivity contribution in [3.63, 3.8) is 0 Å². The first-order valence-electron chi connectivity index (χ1n) is 4.95. The minimum atomic E-state index is -3.72. The Bertz CT molecular complexity index is 581. The van der Waals surface area contributed by atoms with Gasteiger partial charge in [0.1, 0.15) is 0 Å². The molecule has 0 aliphatic heterocycles. The molecule has 0 saturated carbocycles. The number of nitriles is 2. The molecule has 1 aromatic carbocycles. The lowest BCUT2D eigenvalue weighted by Gasteiger charge is -2.11. The SMILES string of the molecule is CCC(C#N)S(=O)(=O)Nc1cccc(C#N)c1. The molecule has 17 heavy (non-hydrogen) atoms. The largest absolute Gasteiger partial charge is 0.282 e. The van der Waals surface area contributed by atoms with Crippen molar-refractivity contribution in [2.24, 2.45) is 0 Å². The Balaban J connectivity index is 2.99. The van der Waals surface area contributed by atoms with E-state index in [0.717, 1.165) is 0 Å². The van der Waals surface area contributed by atoms with Crippen molar-refractivity contribution in [2.75, 3.05) is 4.72 Å². The number of sulfonamides is 1. The predicted molar refractivity (Wildman–Crippen MR) is 63.4 cm³/mol. The van der Waals surface area contributed by atoms with Crippen molar-refractivity contribution < 1.29 is 8.42 Å². The van der Waals surface area contributed by atoms with Crippen LogP contribution < -0.4 is 4.72 Å². The standard InChI is InChI=1S/C11H11N3O2S/c1-2-11(8-13)17(15,16)14-10-5-3-4-9(6-10)7-12/h3-6,11,14H,2H2,1H3. The van der Waals surface area contributed by atoms with Crippen molar-refractivity contribution in [3.8, 4) is 12.1 Å². The summed E-state index contributed by atoms with van der Waals surface area (Å²) in [4.78, 5) is 0. The van der Waals surface area contributed by atoms with E-state index >= 15 is 0 Å². The molecule has 1 N–H and O–H groups in total. The molecule has 0 aliphatic rings. The lowest BCUT2D eigenvalue weighted by Crippen LogP contribution is -2.25. The first-order chi connectivity index (χ1) is 8.03. The van der Waals surface area contributed by atoms with Gasteiger partial charge in [0.2, 0.25) is 10.0 Å². The van der Waals surface area contributed by atoms with Crippen LogP contribution >= 0.6 is 0 Å². The molecular weight excluding hydrogens is 238 g/mol. The maximum atomic E-state index is 11.7. The van der Waals surface area contributed by atoms with Crippen molar-refractivity contribution in [3.05, 3.63) is 29.8 Å². The van der Waals surface area contributed by atoms with E-state index < -0.39 is 15.3 Å². The molecule has 1 unspecified atom stereocenters. The molecule has 0 radical (unpaired) electrons. The van der Waals surface area contributed by atoms with Gasteiger partial charge in [0.15, 0.2) is 5.25 Å². The summed E-state index contributed by atoms with van der Waals surface area (Å²) in [5, 5.41) is 16.3. The van der Waals surface area contributed by atoms with Crippen molar-refractivity contribution >= 4 is 15.7 Å². The van der Waals surface area contributed by atoms with Crippen LogP contribution in [0.25, 0.3) is 0 Å². The fourth-order valence-electron chi connectivity index (χ4n) is 1.27. The Kier molecular flexibility index (Phi) is 4.08. The van der Waals surface area contributed by atoms with Crippen molar-refractivity contribution in [1.82, 2.24) is 0 Å². The Morgan fingerprint density at radius 2 is 2.12 bits per heavy atom. The quantitative estimate of drug-likeness (QED) is 0.876. The fraction of sp³-hybridized carbons (Fsp3) is 0.273. The summed E-state index contributed by atoms with van der Waals surface area (Å²) in [5.41, 5.74) is 0.646.